The highest BCUT2D eigenvalue weighted by Crippen LogP contribution is 2.22. The van der Waals surface area contributed by atoms with Crippen LogP contribution in [0.3, 0.4) is 0 Å². The Labute approximate surface area is 162 Å². The highest BCUT2D eigenvalue weighted by atomic mass is 16.5. The van der Waals surface area contributed by atoms with Crippen LogP contribution in [0.15, 0.2) is 54.9 Å². The van der Waals surface area contributed by atoms with Crippen molar-refractivity contribution in [1.29, 1.82) is 0 Å². The molecule has 1 N–H and O–H groups in total. The van der Waals surface area contributed by atoms with Crippen molar-refractivity contribution in [3.05, 3.63) is 66.1 Å². The Morgan fingerprint density at radius 1 is 1.18 bits per heavy atom. The Kier molecular flexibility index (Phi) is 4.97. The number of imidazole rings is 1. The van der Waals surface area contributed by atoms with Crippen molar-refractivity contribution in [2.24, 2.45) is 0 Å². The molecule has 3 aromatic rings. The number of hydrogen-bond acceptors (Lipinski definition) is 4. The van der Waals surface area contributed by atoms with E-state index in [4.69, 9.17) is 4.74 Å². The third-order valence-electron chi connectivity index (χ3n) is 4.93. The van der Waals surface area contributed by atoms with Crippen molar-refractivity contribution in [3.63, 3.8) is 0 Å². The molecule has 1 atom stereocenters. The van der Waals surface area contributed by atoms with E-state index in [1.165, 1.54) is 4.90 Å². The second kappa shape index (κ2) is 7.72. The van der Waals surface area contributed by atoms with E-state index in [-0.39, 0.29) is 12.5 Å². The second-order valence-corrected chi connectivity index (χ2v) is 6.86. The molecule has 7 heteroatoms. The Bertz CT molecular complexity index is 981. The first-order valence-electron chi connectivity index (χ1n) is 9.31. The molecule has 0 radical (unpaired) electrons. The van der Waals surface area contributed by atoms with Gasteiger partial charge in [-0.3, -0.25) is 4.79 Å². The minimum atomic E-state index is -0.952. The molecule has 0 saturated carbocycles. The lowest BCUT2D eigenvalue weighted by molar-refractivity contribution is -0.143. The lowest BCUT2D eigenvalue weighted by Gasteiger charge is -2.33. The number of rotatable bonds is 5. The van der Waals surface area contributed by atoms with Crippen LogP contribution in [0, 0.1) is 0 Å². The first kappa shape index (κ1) is 18.0. The number of fused-ring (bicyclic) bond motifs is 1. The number of amides is 1. The third-order valence-corrected chi connectivity index (χ3v) is 4.93. The van der Waals surface area contributed by atoms with Gasteiger partial charge in [-0.25, -0.2) is 9.78 Å². The fraction of sp³-hybridized carbons (Fsp3) is 0.286. The Morgan fingerprint density at radius 2 is 2.07 bits per heavy atom. The van der Waals surface area contributed by atoms with E-state index in [1.54, 1.807) is 24.3 Å². The first-order valence-corrected chi connectivity index (χ1v) is 9.31. The van der Waals surface area contributed by atoms with Crippen LogP contribution in [-0.2, 0) is 11.4 Å². The largest absolute Gasteiger partial charge is 0.487 e. The molecule has 3 heterocycles. The molecule has 1 aliphatic rings. The monoisotopic (exact) mass is 379 g/mol. The molecule has 2 aromatic heterocycles. The maximum absolute atomic E-state index is 12.8. The molecule has 1 saturated heterocycles. The number of carbonyl (C=O) groups excluding carboxylic acids is 1. The van der Waals surface area contributed by atoms with E-state index in [2.05, 4.69) is 4.98 Å². The van der Waals surface area contributed by atoms with Crippen molar-refractivity contribution in [2.75, 3.05) is 6.54 Å². The number of piperidine rings is 1. The summed E-state index contributed by atoms with van der Waals surface area (Å²) in [5.41, 5.74) is 2.06. The van der Waals surface area contributed by atoms with Crippen LogP contribution in [0.25, 0.3) is 5.65 Å². The van der Waals surface area contributed by atoms with Crippen LogP contribution in [0.1, 0.15) is 35.3 Å². The van der Waals surface area contributed by atoms with Gasteiger partial charge in [0.2, 0.25) is 0 Å². The molecule has 1 unspecified atom stereocenters. The molecule has 28 heavy (non-hydrogen) atoms. The quantitative estimate of drug-likeness (QED) is 0.737. The van der Waals surface area contributed by atoms with Crippen molar-refractivity contribution >= 4 is 17.5 Å². The van der Waals surface area contributed by atoms with Gasteiger partial charge in [-0.1, -0.05) is 12.1 Å². The Hall–Kier alpha value is -3.35. The zero-order chi connectivity index (χ0) is 19.5. The first-order chi connectivity index (χ1) is 13.6. The molecule has 1 aliphatic heterocycles. The molecule has 4 rings (SSSR count). The van der Waals surface area contributed by atoms with E-state index < -0.39 is 12.0 Å². The van der Waals surface area contributed by atoms with Gasteiger partial charge in [0.25, 0.3) is 5.91 Å². The number of nitrogens with zero attached hydrogens (tertiary/aromatic N) is 3. The van der Waals surface area contributed by atoms with Gasteiger partial charge < -0.3 is 19.1 Å². The molecule has 1 aromatic carbocycles. The number of carboxylic acid groups (broad SMARTS) is 1. The summed E-state index contributed by atoms with van der Waals surface area (Å²) in [6.45, 7) is 0.739. The summed E-state index contributed by atoms with van der Waals surface area (Å²) in [4.78, 5) is 30.3. The maximum atomic E-state index is 12.8. The van der Waals surface area contributed by atoms with Gasteiger partial charge >= 0.3 is 5.97 Å². The molecular formula is C21H21N3O4. The highest BCUT2D eigenvalue weighted by Gasteiger charge is 2.32. The number of hydrogen-bond donors (Lipinski definition) is 1. The summed E-state index contributed by atoms with van der Waals surface area (Å²) in [7, 11) is 0. The minimum Gasteiger partial charge on any atom is -0.487 e. The van der Waals surface area contributed by atoms with Crippen LogP contribution < -0.4 is 4.74 Å². The number of carbonyl (C=O) groups is 2. The van der Waals surface area contributed by atoms with Crippen molar-refractivity contribution in [3.8, 4) is 5.75 Å². The lowest BCUT2D eigenvalue weighted by Crippen LogP contribution is -2.47. The van der Waals surface area contributed by atoms with Crippen molar-refractivity contribution in [2.45, 2.75) is 31.9 Å². The van der Waals surface area contributed by atoms with Crippen LogP contribution in [0.4, 0.5) is 0 Å². The standard InChI is InChI=1S/C21H21N3O4/c25-20(24-11-4-1-8-18(24)21(26)27)15-6-5-7-17(12-15)28-14-16-13-23-10-3-2-9-19(23)22-16/h2-3,5-7,9-10,12-13,18H,1,4,8,11,14H2,(H,26,27). The second-order valence-electron chi connectivity index (χ2n) is 6.86. The normalized spacial score (nSPS) is 16.9. The summed E-state index contributed by atoms with van der Waals surface area (Å²) < 4.78 is 7.73. The SMILES string of the molecule is O=C(O)C1CCCCN1C(=O)c1cccc(OCc2cn3ccccc3n2)c1. The fourth-order valence-electron chi connectivity index (χ4n) is 3.53. The van der Waals surface area contributed by atoms with Crippen LogP contribution in [-0.4, -0.2) is 43.9 Å². The maximum Gasteiger partial charge on any atom is 0.326 e. The van der Waals surface area contributed by atoms with E-state index in [1.807, 2.05) is 35.0 Å². The Balaban J connectivity index is 1.47. The molecule has 0 bridgehead atoms. The number of carboxylic acids is 1. The van der Waals surface area contributed by atoms with Gasteiger partial charge in [0.15, 0.2) is 0 Å². The predicted octanol–water partition coefficient (Wildman–Crippen LogP) is 2.99. The van der Waals surface area contributed by atoms with E-state index >= 15 is 0 Å². The minimum absolute atomic E-state index is 0.273. The number of pyridine rings is 1. The number of ether oxygens (including phenoxy) is 1. The number of benzene rings is 1. The van der Waals surface area contributed by atoms with Gasteiger partial charge in [0, 0.05) is 24.5 Å². The molecule has 0 aliphatic carbocycles. The summed E-state index contributed by atoms with van der Waals surface area (Å²) in [5, 5.41) is 9.40. The van der Waals surface area contributed by atoms with Gasteiger partial charge in [-0.05, 0) is 49.6 Å². The van der Waals surface area contributed by atoms with Gasteiger partial charge in [-0.15, -0.1) is 0 Å². The van der Waals surface area contributed by atoms with Gasteiger partial charge in [0.1, 0.15) is 24.0 Å². The van der Waals surface area contributed by atoms with Crippen molar-refractivity contribution < 1.29 is 19.4 Å². The fourth-order valence-corrected chi connectivity index (χ4v) is 3.53. The summed E-state index contributed by atoms with van der Waals surface area (Å²) in [6, 6.07) is 11.9. The summed E-state index contributed by atoms with van der Waals surface area (Å²) in [5.74, 6) is -0.677. The number of aromatic nitrogens is 2. The van der Waals surface area contributed by atoms with Gasteiger partial charge in [0.05, 0.1) is 5.69 Å². The molecular weight excluding hydrogens is 358 g/mol. The smallest absolute Gasteiger partial charge is 0.326 e. The highest BCUT2D eigenvalue weighted by molar-refractivity contribution is 5.97. The van der Waals surface area contributed by atoms with Gasteiger partial charge in [-0.2, -0.15) is 0 Å². The van der Waals surface area contributed by atoms with Crippen LogP contribution in [0.2, 0.25) is 0 Å². The molecule has 1 amide bonds. The molecule has 7 nitrogen and oxygen atoms in total. The Morgan fingerprint density at radius 3 is 2.89 bits per heavy atom. The van der Waals surface area contributed by atoms with E-state index in [9.17, 15) is 14.7 Å². The molecule has 0 spiro atoms. The predicted molar refractivity (Wildman–Crippen MR) is 102 cm³/mol. The topological polar surface area (TPSA) is 84.1 Å². The third kappa shape index (κ3) is 3.69. The van der Waals surface area contributed by atoms with Crippen LogP contribution >= 0.6 is 0 Å². The van der Waals surface area contributed by atoms with Crippen LogP contribution in [0.5, 0.6) is 5.75 Å². The average Bonchev–Trinajstić information content (AvgIpc) is 3.15. The zero-order valence-electron chi connectivity index (χ0n) is 15.3. The summed E-state index contributed by atoms with van der Waals surface area (Å²) >= 11 is 0. The number of likely N-dealkylation sites (tertiary alicyclic amines) is 1. The summed E-state index contributed by atoms with van der Waals surface area (Å²) in [6.07, 6.45) is 5.95. The lowest BCUT2D eigenvalue weighted by atomic mass is 10.0. The van der Waals surface area contributed by atoms with E-state index in [0.717, 1.165) is 24.2 Å². The zero-order valence-corrected chi connectivity index (χ0v) is 15.3. The molecule has 144 valence electrons. The molecule has 1 fully saturated rings. The van der Waals surface area contributed by atoms with E-state index in [0.29, 0.717) is 24.3 Å². The van der Waals surface area contributed by atoms with Crippen molar-refractivity contribution in [1.82, 2.24) is 14.3 Å². The average molecular weight is 379 g/mol. The number of aliphatic carboxylic acids is 1.